The van der Waals surface area contributed by atoms with Gasteiger partial charge in [0, 0.05) is 17.3 Å². The quantitative estimate of drug-likeness (QED) is 0.725. The van der Waals surface area contributed by atoms with Crippen LogP contribution in [0.3, 0.4) is 0 Å². The molecule has 13 heavy (non-hydrogen) atoms. The summed E-state index contributed by atoms with van der Waals surface area (Å²) in [5, 5.41) is 4.24. The summed E-state index contributed by atoms with van der Waals surface area (Å²) in [4.78, 5) is 0. The van der Waals surface area contributed by atoms with Crippen molar-refractivity contribution in [1.29, 1.82) is 0 Å². The normalized spacial score (nSPS) is 20.6. The highest BCUT2D eigenvalue weighted by molar-refractivity contribution is 6.30. The van der Waals surface area contributed by atoms with E-state index in [1.807, 2.05) is 12.1 Å². The van der Waals surface area contributed by atoms with Crippen LogP contribution in [0.15, 0.2) is 18.2 Å². The molecule has 1 aliphatic rings. The van der Waals surface area contributed by atoms with Gasteiger partial charge in [-0.15, -0.1) is 0 Å². The molecule has 1 nitrogen and oxygen atoms in total. The number of fused-ring (bicyclic) bond motifs is 1. The van der Waals surface area contributed by atoms with Crippen LogP contribution in [0.5, 0.6) is 0 Å². The minimum absolute atomic E-state index is 0.786. The van der Waals surface area contributed by atoms with Gasteiger partial charge in [0.2, 0.25) is 0 Å². The molecule has 0 fully saturated rings. The van der Waals surface area contributed by atoms with Crippen molar-refractivity contribution < 1.29 is 0 Å². The van der Waals surface area contributed by atoms with E-state index in [1.54, 1.807) is 0 Å². The number of anilines is 1. The lowest BCUT2D eigenvalue weighted by Crippen LogP contribution is -2.22. The molecule has 1 aromatic rings. The molecule has 1 aromatic carbocycles. The molecule has 0 aliphatic carbocycles. The fraction of sp³-hybridized carbons (Fsp3) is 0.455. The number of nitrogens with one attached hydrogen (secondary N) is 1. The minimum Gasteiger partial charge on any atom is -0.384 e. The second-order valence-corrected chi connectivity index (χ2v) is 4.10. The van der Waals surface area contributed by atoms with Crippen molar-refractivity contribution in [2.45, 2.75) is 19.8 Å². The molecule has 1 N–H and O–H groups in total. The second-order valence-electron chi connectivity index (χ2n) is 3.66. The average Bonchev–Trinajstić information content (AvgIpc) is 2.17. The van der Waals surface area contributed by atoms with Gasteiger partial charge in [0.1, 0.15) is 0 Å². The Balaban J connectivity index is 2.26. The zero-order valence-corrected chi connectivity index (χ0v) is 8.56. The van der Waals surface area contributed by atoms with Gasteiger partial charge in [-0.1, -0.05) is 31.0 Å². The van der Waals surface area contributed by atoms with Crippen molar-refractivity contribution in [3.8, 4) is 0 Å². The van der Waals surface area contributed by atoms with Crippen molar-refractivity contribution >= 4 is 17.3 Å². The molecule has 2 heteroatoms. The fourth-order valence-electron chi connectivity index (χ4n) is 1.82. The Morgan fingerprint density at radius 1 is 1.54 bits per heavy atom. The molecule has 2 rings (SSSR count). The summed E-state index contributed by atoms with van der Waals surface area (Å²) in [5.41, 5.74) is 2.62. The number of rotatable bonds is 1. The lowest BCUT2D eigenvalue weighted by atomic mass is 9.92. The summed E-state index contributed by atoms with van der Waals surface area (Å²) in [5.74, 6) is 0.786. The molecule has 0 amide bonds. The molecule has 1 unspecified atom stereocenters. The van der Waals surface area contributed by atoms with Crippen LogP contribution in [0.25, 0.3) is 0 Å². The van der Waals surface area contributed by atoms with Crippen LogP contribution in [-0.4, -0.2) is 6.54 Å². The maximum atomic E-state index is 5.91. The number of hydrogen-bond acceptors (Lipinski definition) is 1. The maximum absolute atomic E-state index is 5.91. The third-order valence-electron chi connectivity index (χ3n) is 2.74. The summed E-state index contributed by atoms with van der Waals surface area (Å²) < 4.78 is 0. The van der Waals surface area contributed by atoms with E-state index in [0.717, 1.165) is 17.5 Å². The molecule has 0 aromatic heterocycles. The van der Waals surface area contributed by atoms with E-state index in [1.165, 1.54) is 24.1 Å². The van der Waals surface area contributed by atoms with Crippen molar-refractivity contribution in [2.75, 3.05) is 11.9 Å². The van der Waals surface area contributed by atoms with E-state index < -0.39 is 0 Å². The molecule has 0 bridgehead atoms. The molecule has 70 valence electrons. The first-order valence-electron chi connectivity index (χ1n) is 4.82. The number of hydrogen-bond donors (Lipinski definition) is 1. The second kappa shape index (κ2) is 3.59. The average molecular weight is 196 g/mol. The van der Waals surface area contributed by atoms with Crippen LogP contribution < -0.4 is 5.32 Å². The Morgan fingerprint density at radius 3 is 3.15 bits per heavy atom. The Labute approximate surface area is 84.1 Å². The van der Waals surface area contributed by atoms with Gasteiger partial charge in [-0.3, -0.25) is 0 Å². The van der Waals surface area contributed by atoms with E-state index in [-0.39, 0.29) is 0 Å². The van der Waals surface area contributed by atoms with Gasteiger partial charge < -0.3 is 5.32 Å². The van der Waals surface area contributed by atoms with Crippen LogP contribution in [0.2, 0.25) is 5.02 Å². The first-order valence-corrected chi connectivity index (χ1v) is 5.19. The molecular weight excluding hydrogens is 182 g/mol. The van der Waals surface area contributed by atoms with Gasteiger partial charge in [-0.05, 0) is 30.0 Å². The standard InChI is InChI=1S/C11H14ClN/c1-2-8-5-9-3-4-10(12)6-11(9)13-7-8/h3-4,6,8,13H,2,5,7H2,1H3. The Morgan fingerprint density at radius 2 is 2.38 bits per heavy atom. The van der Waals surface area contributed by atoms with Crippen LogP contribution >= 0.6 is 11.6 Å². The van der Waals surface area contributed by atoms with Crippen molar-refractivity contribution in [3.05, 3.63) is 28.8 Å². The topological polar surface area (TPSA) is 12.0 Å². The van der Waals surface area contributed by atoms with Crippen molar-refractivity contribution in [1.82, 2.24) is 0 Å². The first kappa shape index (κ1) is 8.89. The Kier molecular flexibility index (Phi) is 2.45. The lowest BCUT2D eigenvalue weighted by molar-refractivity contribution is 0.521. The summed E-state index contributed by atoms with van der Waals surface area (Å²) in [6.07, 6.45) is 2.44. The predicted octanol–water partition coefficient (Wildman–Crippen LogP) is 3.33. The Hall–Kier alpha value is -0.690. The lowest BCUT2D eigenvalue weighted by Gasteiger charge is -2.25. The molecule has 1 atom stereocenters. The smallest absolute Gasteiger partial charge is 0.0426 e. The Bertz CT molecular complexity index is 309. The minimum atomic E-state index is 0.786. The highest BCUT2D eigenvalue weighted by atomic mass is 35.5. The van der Waals surface area contributed by atoms with Crippen LogP contribution in [0.1, 0.15) is 18.9 Å². The van der Waals surface area contributed by atoms with Gasteiger partial charge in [0.25, 0.3) is 0 Å². The van der Waals surface area contributed by atoms with E-state index in [2.05, 4.69) is 18.3 Å². The monoisotopic (exact) mass is 195 g/mol. The van der Waals surface area contributed by atoms with E-state index in [4.69, 9.17) is 11.6 Å². The summed E-state index contributed by atoms with van der Waals surface area (Å²) in [7, 11) is 0. The molecule has 0 saturated heterocycles. The van der Waals surface area contributed by atoms with Crippen LogP contribution in [-0.2, 0) is 6.42 Å². The molecule has 1 heterocycles. The molecule has 0 saturated carbocycles. The van der Waals surface area contributed by atoms with Crippen LogP contribution in [0.4, 0.5) is 5.69 Å². The maximum Gasteiger partial charge on any atom is 0.0426 e. The van der Waals surface area contributed by atoms with Crippen molar-refractivity contribution in [2.24, 2.45) is 5.92 Å². The fourth-order valence-corrected chi connectivity index (χ4v) is 1.99. The number of benzene rings is 1. The molecule has 0 radical (unpaired) electrons. The summed E-state index contributed by atoms with van der Waals surface area (Å²) in [6, 6.07) is 6.12. The third kappa shape index (κ3) is 1.80. The van der Waals surface area contributed by atoms with Gasteiger partial charge >= 0.3 is 0 Å². The highest BCUT2D eigenvalue weighted by Crippen LogP contribution is 2.28. The molecular formula is C11H14ClN. The first-order chi connectivity index (χ1) is 6.29. The van der Waals surface area contributed by atoms with E-state index in [0.29, 0.717) is 0 Å². The van der Waals surface area contributed by atoms with Gasteiger partial charge in [-0.25, -0.2) is 0 Å². The zero-order valence-electron chi connectivity index (χ0n) is 7.81. The van der Waals surface area contributed by atoms with Crippen molar-refractivity contribution in [3.63, 3.8) is 0 Å². The van der Waals surface area contributed by atoms with Crippen LogP contribution in [0, 0.1) is 5.92 Å². The van der Waals surface area contributed by atoms with Gasteiger partial charge in [0.15, 0.2) is 0 Å². The third-order valence-corrected chi connectivity index (χ3v) is 2.97. The van der Waals surface area contributed by atoms with E-state index >= 15 is 0 Å². The van der Waals surface area contributed by atoms with E-state index in [9.17, 15) is 0 Å². The van der Waals surface area contributed by atoms with Gasteiger partial charge in [-0.2, -0.15) is 0 Å². The molecule has 0 spiro atoms. The summed E-state index contributed by atoms with van der Waals surface area (Å²) >= 11 is 5.91. The predicted molar refractivity (Wildman–Crippen MR) is 57.4 cm³/mol. The highest BCUT2D eigenvalue weighted by Gasteiger charge is 2.16. The summed E-state index contributed by atoms with van der Waals surface area (Å²) in [6.45, 7) is 3.33. The number of halogens is 1. The SMILES string of the molecule is CCC1CNc2cc(Cl)ccc2C1. The molecule has 1 aliphatic heterocycles. The zero-order chi connectivity index (χ0) is 9.26. The largest absolute Gasteiger partial charge is 0.384 e. The van der Waals surface area contributed by atoms with Gasteiger partial charge in [0.05, 0.1) is 0 Å².